The van der Waals surface area contributed by atoms with Crippen LogP contribution in [-0.4, -0.2) is 35.9 Å². The van der Waals surface area contributed by atoms with Crippen molar-refractivity contribution in [3.63, 3.8) is 0 Å². The standard InChI is InChI=1S/C14H27N3S.BrH/c1-15(2)8-7-10-17-12-11-16(14-17)9-5-3-4-6-13-18;/h11-12,14H,3-10,13H2,1-2H3;1H. The number of rotatable bonds is 10. The lowest BCUT2D eigenvalue weighted by Gasteiger charge is -2.06. The Kier molecular flexibility index (Phi) is 11.8. The Balaban J connectivity index is 0.00000324. The molecule has 1 heterocycles. The van der Waals surface area contributed by atoms with Crippen molar-refractivity contribution in [3.05, 3.63) is 18.7 Å². The molecule has 0 amide bonds. The summed E-state index contributed by atoms with van der Waals surface area (Å²) in [6.07, 6.45) is 13.0. The van der Waals surface area contributed by atoms with Gasteiger partial charge in [0.15, 0.2) is 0 Å². The van der Waals surface area contributed by atoms with Gasteiger partial charge in [-0.3, -0.25) is 0 Å². The molecule has 3 nitrogen and oxygen atoms in total. The molecule has 112 valence electrons. The van der Waals surface area contributed by atoms with Crippen LogP contribution < -0.4 is 21.5 Å². The lowest BCUT2D eigenvalue weighted by molar-refractivity contribution is -0.696. The zero-order valence-electron chi connectivity index (χ0n) is 12.3. The van der Waals surface area contributed by atoms with Crippen molar-refractivity contribution in [3.8, 4) is 0 Å². The van der Waals surface area contributed by atoms with E-state index in [1.165, 1.54) is 32.1 Å². The van der Waals surface area contributed by atoms with E-state index in [0.717, 1.165) is 25.4 Å². The van der Waals surface area contributed by atoms with Gasteiger partial charge in [-0.15, -0.1) is 0 Å². The van der Waals surface area contributed by atoms with Gasteiger partial charge in [-0.25, -0.2) is 9.13 Å². The van der Waals surface area contributed by atoms with Crippen molar-refractivity contribution in [2.75, 3.05) is 26.4 Å². The minimum absolute atomic E-state index is 0. The fraction of sp³-hybridized carbons (Fsp3) is 0.786. The molecule has 5 heteroatoms. The second-order valence-corrected chi connectivity index (χ2v) is 5.63. The van der Waals surface area contributed by atoms with Crippen LogP contribution in [0.15, 0.2) is 18.7 Å². The van der Waals surface area contributed by atoms with Gasteiger partial charge in [-0.05, 0) is 45.5 Å². The Bertz CT molecular complexity index is 315. The summed E-state index contributed by atoms with van der Waals surface area (Å²) in [6, 6.07) is 0. The first-order valence-corrected chi connectivity index (χ1v) is 7.66. The molecule has 0 aliphatic rings. The summed E-state index contributed by atoms with van der Waals surface area (Å²) in [5.74, 6) is 1.02. The number of aryl methyl sites for hydroxylation is 2. The molecule has 1 aromatic rings. The molecule has 1 rings (SSSR count). The quantitative estimate of drug-likeness (QED) is 0.332. The van der Waals surface area contributed by atoms with Gasteiger partial charge < -0.3 is 21.9 Å². The maximum atomic E-state index is 4.23. The van der Waals surface area contributed by atoms with Crippen LogP contribution in [0.5, 0.6) is 0 Å². The summed E-state index contributed by atoms with van der Waals surface area (Å²) in [5.41, 5.74) is 0. The molecule has 0 fully saturated rings. The van der Waals surface area contributed by atoms with E-state index in [1.54, 1.807) is 0 Å². The molecule has 0 N–H and O–H groups in total. The number of halogens is 1. The molecule has 0 atom stereocenters. The van der Waals surface area contributed by atoms with Gasteiger partial charge in [-0.1, -0.05) is 6.42 Å². The second kappa shape index (κ2) is 11.8. The van der Waals surface area contributed by atoms with Crippen LogP contribution in [0.1, 0.15) is 32.1 Å². The third-order valence-electron chi connectivity index (χ3n) is 3.09. The number of imidazole rings is 1. The summed E-state index contributed by atoms with van der Waals surface area (Å²) < 4.78 is 4.59. The predicted molar refractivity (Wildman–Crippen MR) is 80.1 cm³/mol. The van der Waals surface area contributed by atoms with Gasteiger partial charge in [-0.2, -0.15) is 12.6 Å². The highest BCUT2D eigenvalue weighted by molar-refractivity contribution is 7.80. The van der Waals surface area contributed by atoms with E-state index >= 15 is 0 Å². The summed E-state index contributed by atoms with van der Waals surface area (Å²) in [6.45, 7) is 3.42. The first-order chi connectivity index (χ1) is 8.72. The zero-order chi connectivity index (χ0) is 13.2. The van der Waals surface area contributed by atoms with Crippen molar-refractivity contribution in [2.45, 2.75) is 45.2 Å². The number of unbranched alkanes of at least 4 members (excludes halogenated alkanes) is 3. The van der Waals surface area contributed by atoms with E-state index < -0.39 is 0 Å². The van der Waals surface area contributed by atoms with Gasteiger partial charge >= 0.3 is 0 Å². The predicted octanol–water partition coefficient (Wildman–Crippen LogP) is -0.778. The summed E-state index contributed by atoms with van der Waals surface area (Å²) in [4.78, 5) is 2.24. The van der Waals surface area contributed by atoms with Crippen LogP contribution in [0.4, 0.5) is 0 Å². The van der Waals surface area contributed by atoms with E-state index in [0.29, 0.717) is 0 Å². The molecular weight excluding hydrogens is 322 g/mol. The first-order valence-electron chi connectivity index (χ1n) is 7.03. The normalized spacial score (nSPS) is 10.7. The van der Waals surface area contributed by atoms with E-state index in [-0.39, 0.29) is 17.0 Å². The second-order valence-electron chi connectivity index (χ2n) is 5.18. The monoisotopic (exact) mass is 349 g/mol. The minimum Gasteiger partial charge on any atom is -1.00 e. The third kappa shape index (κ3) is 9.52. The van der Waals surface area contributed by atoms with Crippen LogP contribution in [0, 0.1) is 0 Å². The minimum atomic E-state index is 0. The van der Waals surface area contributed by atoms with Gasteiger partial charge in [0.1, 0.15) is 12.4 Å². The molecule has 0 bridgehead atoms. The van der Waals surface area contributed by atoms with Crippen molar-refractivity contribution >= 4 is 12.6 Å². The van der Waals surface area contributed by atoms with Gasteiger partial charge in [0, 0.05) is 6.54 Å². The van der Waals surface area contributed by atoms with E-state index in [2.05, 4.69) is 59.5 Å². The number of hydrogen-bond acceptors (Lipinski definition) is 2. The molecule has 0 spiro atoms. The van der Waals surface area contributed by atoms with Crippen molar-refractivity contribution in [2.24, 2.45) is 0 Å². The molecule has 0 unspecified atom stereocenters. The molecule has 0 aromatic carbocycles. The maximum Gasteiger partial charge on any atom is 0.243 e. The van der Waals surface area contributed by atoms with Gasteiger partial charge in [0.05, 0.1) is 13.1 Å². The van der Waals surface area contributed by atoms with Gasteiger partial charge in [0.2, 0.25) is 6.33 Å². The number of nitrogens with zero attached hydrogens (tertiary/aromatic N) is 3. The van der Waals surface area contributed by atoms with Gasteiger partial charge in [0.25, 0.3) is 0 Å². The molecule has 1 aromatic heterocycles. The molecule has 0 saturated heterocycles. The topological polar surface area (TPSA) is 12.1 Å². The van der Waals surface area contributed by atoms with Crippen LogP contribution in [0.2, 0.25) is 0 Å². The first kappa shape index (κ1) is 19.0. The lowest BCUT2D eigenvalue weighted by atomic mass is 10.2. The number of aromatic nitrogens is 2. The van der Waals surface area contributed by atoms with Crippen molar-refractivity contribution in [1.82, 2.24) is 9.47 Å². The Morgan fingerprint density at radius 1 is 1.11 bits per heavy atom. The average Bonchev–Trinajstić information content (AvgIpc) is 2.76. The number of thiol groups is 1. The Hall–Kier alpha value is 0. The van der Waals surface area contributed by atoms with E-state index in [9.17, 15) is 0 Å². The highest BCUT2D eigenvalue weighted by Gasteiger charge is 2.03. The smallest absolute Gasteiger partial charge is 0.243 e. The zero-order valence-corrected chi connectivity index (χ0v) is 14.7. The van der Waals surface area contributed by atoms with Crippen LogP contribution in [0.25, 0.3) is 0 Å². The maximum absolute atomic E-state index is 4.23. The summed E-state index contributed by atoms with van der Waals surface area (Å²) >= 11 is 4.23. The Labute approximate surface area is 134 Å². The molecule has 0 aliphatic carbocycles. The fourth-order valence-corrected chi connectivity index (χ4v) is 2.26. The summed E-state index contributed by atoms with van der Waals surface area (Å²) in [5, 5.41) is 0. The van der Waals surface area contributed by atoms with Crippen molar-refractivity contribution < 1.29 is 21.5 Å². The lowest BCUT2D eigenvalue weighted by Crippen LogP contribution is -3.00. The summed E-state index contributed by atoms with van der Waals surface area (Å²) in [7, 11) is 4.25. The number of hydrogen-bond donors (Lipinski definition) is 1. The largest absolute Gasteiger partial charge is 1.00 e. The SMILES string of the molecule is CN(C)CCCn1cc[n+](CCCCCCS)c1.[Br-]. The molecule has 0 aliphatic heterocycles. The Morgan fingerprint density at radius 2 is 1.84 bits per heavy atom. The Morgan fingerprint density at radius 3 is 2.53 bits per heavy atom. The van der Waals surface area contributed by atoms with Crippen LogP contribution in [-0.2, 0) is 13.1 Å². The van der Waals surface area contributed by atoms with E-state index in [4.69, 9.17) is 0 Å². The molecule has 0 radical (unpaired) electrons. The molecule has 0 saturated carbocycles. The van der Waals surface area contributed by atoms with E-state index in [1.807, 2.05) is 0 Å². The molecule has 19 heavy (non-hydrogen) atoms. The fourth-order valence-electron chi connectivity index (χ4n) is 2.03. The average molecular weight is 350 g/mol. The van der Waals surface area contributed by atoms with Crippen LogP contribution >= 0.6 is 12.6 Å². The third-order valence-corrected chi connectivity index (χ3v) is 3.41. The van der Waals surface area contributed by atoms with Crippen molar-refractivity contribution in [1.29, 1.82) is 0 Å². The highest BCUT2D eigenvalue weighted by atomic mass is 79.9. The highest BCUT2D eigenvalue weighted by Crippen LogP contribution is 2.00. The molecular formula is C14H28BrN3S. The van der Waals surface area contributed by atoms with Crippen LogP contribution in [0.3, 0.4) is 0 Å².